The zero-order chi connectivity index (χ0) is 25.8. The van der Waals surface area contributed by atoms with Gasteiger partial charge in [0.1, 0.15) is 0 Å². The molecule has 1 rings (SSSR count). The molecule has 0 heterocycles. The maximum Gasteiger partial charge on any atom is 0.192 e. The van der Waals surface area contributed by atoms with Crippen LogP contribution in [0.15, 0.2) is 24.3 Å². The molecule has 1 fully saturated rings. The molecule has 3 nitrogen and oxygen atoms in total. The van der Waals surface area contributed by atoms with E-state index in [4.69, 9.17) is 8.85 Å². The molecule has 0 aromatic carbocycles. The van der Waals surface area contributed by atoms with Crippen LogP contribution in [0.1, 0.15) is 87.5 Å². The molecule has 0 amide bonds. The highest BCUT2D eigenvalue weighted by molar-refractivity contribution is 6.74. The van der Waals surface area contributed by atoms with Crippen molar-refractivity contribution in [3.63, 3.8) is 0 Å². The maximum absolute atomic E-state index is 12.6. The van der Waals surface area contributed by atoms with Crippen LogP contribution in [0.25, 0.3) is 0 Å². The van der Waals surface area contributed by atoms with Crippen LogP contribution in [0, 0.1) is 11.8 Å². The standard InChI is InChI=1S/C28H54O3Si2/c1-14-15-16-21(2)19-23(30-32(10,11)27(4,5)6)17-18-24-22(3)25(29)20-26(24)31-33(12,13)28(7,8)9/h17-18,21,23-24,26H,3,14-16,19-20H2,1-2,4-13H3/t21-,23+,24+,26+/m0/s1. The third-order valence-electron chi connectivity index (χ3n) is 8.27. The second-order valence-electron chi connectivity index (χ2n) is 13.4. The summed E-state index contributed by atoms with van der Waals surface area (Å²) in [4.78, 5) is 12.6. The minimum Gasteiger partial charge on any atom is -0.413 e. The van der Waals surface area contributed by atoms with Gasteiger partial charge >= 0.3 is 0 Å². The average molecular weight is 495 g/mol. The lowest BCUT2D eigenvalue weighted by Gasteiger charge is -2.40. The number of carbonyl (C=O) groups excluding carboxylic acids is 1. The molecule has 1 saturated carbocycles. The Hall–Kier alpha value is -0.496. The van der Waals surface area contributed by atoms with Crippen molar-refractivity contribution >= 4 is 22.4 Å². The number of ketones is 1. The lowest BCUT2D eigenvalue weighted by Crippen LogP contribution is -2.45. The lowest BCUT2D eigenvalue weighted by atomic mass is 9.95. The highest BCUT2D eigenvalue weighted by atomic mass is 28.4. The predicted octanol–water partition coefficient (Wildman–Crippen LogP) is 8.69. The van der Waals surface area contributed by atoms with Crippen molar-refractivity contribution in [2.45, 2.75) is 136 Å². The molecule has 1 aliphatic rings. The van der Waals surface area contributed by atoms with E-state index in [9.17, 15) is 4.79 Å². The van der Waals surface area contributed by atoms with Crippen molar-refractivity contribution in [2.75, 3.05) is 0 Å². The van der Waals surface area contributed by atoms with Gasteiger partial charge in [0.2, 0.25) is 0 Å². The summed E-state index contributed by atoms with van der Waals surface area (Å²) in [6.07, 6.45) is 9.56. The topological polar surface area (TPSA) is 35.5 Å². The molecule has 0 aromatic rings. The first-order valence-corrected chi connectivity index (χ1v) is 18.9. The number of carbonyl (C=O) groups is 1. The van der Waals surface area contributed by atoms with E-state index in [0.29, 0.717) is 17.9 Å². The van der Waals surface area contributed by atoms with Crippen LogP contribution in [0.4, 0.5) is 0 Å². The van der Waals surface area contributed by atoms with E-state index in [0.717, 1.165) is 6.42 Å². The summed E-state index contributed by atoms with van der Waals surface area (Å²) in [6.45, 7) is 31.5. The molecule has 0 aromatic heterocycles. The minimum atomic E-state index is -1.98. The monoisotopic (exact) mass is 494 g/mol. The molecule has 5 heteroatoms. The van der Waals surface area contributed by atoms with Gasteiger partial charge in [-0.1, -0.05) is 93.4 Å². The Bertz CT molecular complexity index is 695. The summed E-state index contributed by atoms with van der Waals surface area (Å²) in [7, 11) is -3.90. The molecule has 0 N–H and O–H groups in total. The Morgan fingerprint density at radius 1 is 1.06 bits per heavy atom. The quantitative estimate of drug-likeness (QED) is 0.164. The molecule has 0 bridgehead atoms. The van der Waals surface area contributed by atoms with E-state index in [1.165, 1.54) is 19.3 Å². The first-order valence-electron chi connectivity index (χ1n) is 13.1. The Balaban J connectivity index is 3.15. The Morgan fingerprint density at radius 3 is 2.09 bits per heavy atom. The van der Waals surface area contributed by atoms with Gasteiger partial charge in [-0.25, -0.2) is 0 Å². The fourth-order valence-electron chi connectivity index (χ4n) is 3.79. The van der Waals surface area contributed by atoms with Gasteiger partial charge in [-0.05, 0) is 54.2 Å². The molecule has 1 aliphatic carbocycles. The Kier molecular flexibility index (Phi) is 10.6. The van der Waals surface area contributed by atoms with Crippen molar-refractivity contribution in [1.82, 2.24) is 0 Å². The molecule has 0 aliphatic heterocycles. The average Bonchev–Trinajstić information content (AvgIpc) is 2.88. The summed E-state index contributed by atoms with van der Waals surface area (Å²) in [5, 5.41) is 0.267. The van der Waals surface area contributed by atoms with Crippen molar-refractivity contribution in [3.05, 3.63) is 24.3 Å². The van der Waals surface area contributed by atoms with Gasteiger partial charge in [0.05, 0.1) is 12.2 Å². The normalized spacial score (nSPS) is 22.9. The van der Waals surface area contributed by atoms with Crippen molar-refractivity contribution in [1.29, 1.82) is 0 Å². The Labute approximate surface area is 208 Å². The first kappa shape index (κ1) is 30.5. The zero-order valence-corrected chi connectivity index (χ0v) is 25.9. The SMILES string of the molecule is C=C1C(=O)C[C@@H](O[Si](C)(C)C(C)(C)C)[C@@H]1C=C[C@H](C[C@@H](C)CCCC)O[Si](C)(C)C(C)(C)C. The molecule has 192 valence electrons. The van der Waals surface area contributed by atoms with Crippen molar-refractivity contribution < 1.29 is 13.6 Å². The van der Waals surface area contributed by atoms with Gasteiger partial charge in [0.15, 0.2) is 22.4 Å². The number of hydrogen-bond donors (Lipinski definition) is 0. The number of hydrogen-bond acceptors (Lipinski definition) is 3. The van der Waals surface area contributed by atoms with E-state index >= 15 is 0 Å². The van der Waals surface area contributed by atoms with Crippen LogP contribution in [-0.2, 0) is 13.6 Å². The summed E-state index contributed by atoms with van der Waals surface area (Å²) in [6, 6.07) is 0. The molecule has 0 radical (unpaired) electrons. The van der Waals surface area contributed by atoms with Crippen LogP contribution in [0.2, 0.25) is 36.3 Å². The smallest absolute Gasteiger partial charge is 0.192 e. The Morgan fingerprint density at radius 2 is 1.61 bits per heavy atom. The summed E-state index contributed by atoms with van der Waals surface area (Å²) in [5.74, 6) is 0.701. The van der Waals surface area contributed by atoms with Crippen LogP contribution >= 0.6 is 0 Å². The second kappa shape index (κ2) is 11.5. The van der Waals surface area contributed by atoms with Gasteiger partial charge in [0, 0.05) is 12.3 Å². The molecule has 33 heavy (non-hydrogen) atoms. The van der Waals surface area contributed by atoms with E-state index in [2.05, 4.69) is 100 Å². The highest BCUT2D eigenvalue weighted by Gasteiger charge is 2.45. The van der Waals surface area contributed by atoms with Gasteiger partial charge < -0.3 is 8.85 Å². The summed E-state index contributed by atoms with van der Waals surface area (Å²) >= 11 is 0. The van der Waals surface area contributed by atoms with Crippen molar-refractivity contribution in [2.24, 2.45) is 11.8 Å². The summed E-state index contributed by atoms with van der Waals surface area (Å²) < 4.78 is 13.6. The van der Waals surface area contributed by atoms with Crippen LogP contribution in [0.3, 0.4) is 0 Å². The predicted molar refractivity (Wildman–Crippen MR) is 149 cm³/mol. The second-order valence-corrected chi connectivity index (χ2v) is 22.9. The zero-order valence-electron chi connectivity index (χ0n) is 23.9. The van der Waals surface area contributed by atoms with Crippen LogP contribution in [0.5, 0.6) is 0 Å². The number of rotatable bonds is 11. The fraction of sp³-hybridized carbons (Fsp3) is 0.821. The fourth-order valence-corrected chi connectivity index (χ4v) is 6.42. The largest absolute Gasteiger partial charge is 0.413 e. The molecule has 0 unspecified atom stereocenters. The van der Waals surface area contributed by atoms with Crippen LogP contribution < -0.4 is 0 Å². The maximum atomic E-state index is 12.6. The van der Waals surface area contributed by atoms with E-state index < -0.39 is 16.6 Å². The van der Waals surface area contributed by atoms with Crippen molar-refractivity contribution in [3.8, 4) is 0 Å². The molecular formula is C28H54O3Si2. The van der Waals surface area contributed by atoms with E-state index in [1.54, 1.807) is 0 Å². The summed E-state index contributed by atoms with van der Waals surface area (Å²) in [5.41, 5.74) is 0.695. The van der Waals surface area contributed by atoms with Gasteiger partial charge in [-0.2, -0.15) is 0 Å². The third kappa shape index (κ3) is 8.59. The molecule has 0 spiro atoms. The molecule has 4 atom stereocenters. The first-order chi connectivity index (χ1) is 14.8. The van der Waals surface area contributed by atoms with E-state index in [1.807, 2.05) is 0 Å². The van der Waals surface area contributed by atoms with Gasteiger partial charge in [-0.3, -0.25) is 4.79 Å². The van der Waals surface area contributed by atoms with Gasteiger partial charge in [0.25, 0.3) is 0 Å². The lowest BCUT2D eigenvalue weighted by molar-refractivity contribution is -0.115. The number of Topliss-reactive ketones (excluding diaryl/α,β-unsaturated/α-hetero) is 1. The molecular weight excluding hydrogens is 440 g/mol. The molecule has 0 saturated heterocycles. The third-order valence-corrected chi connectivity index (χ3v) is 17.3. The van der Waals surface area contributed by atoms with Gasteiger partial charge in [-0.15, -0.1) is 0 Å². The van der Waals surface area contributed by atoms with E-state index in [-0.39, 0.29) is 34.0 Å². The highest BCUT2D eigenvalue weighted by Crippen LogP contribution is 2.42. The minimum absolute atomic E-state index is 0.0527. The van der Waals surface area contributed by atoms with Crippen LogP contribution in [-0.4, -0.2) is 34.6 Å². The number of unbranched alkanes of at least 4 members (excludes halogenated alkanes) is 1.